The van der Waals surface area contributed by atoms with Crippen LogP contribution in [0.15, 0.2) is 24.3 Å². The van der Waals surface area contributed by atoms with Crippen molar-refractivity contribution in [3.63, 3.8) is 0 Å². The monoisotopic (exact) mass is 373 g/mol. The molecule has 144 valence electrons. The minimum Gasteiger partial charge on any atom is -0.465 e. The number of para-hydroxylation sites is 1. The van der Waals surface area contributed by atoms with E-state index in [-0.39, 0.29) is 24.2 Å². The van der Waals surface area contributed by atoms with Gasteiger partial charge in [0.25, 0.3) is 0 Å². The number of fused-ring (bicyclic) bond motifs is 1. The summed E-state index contributed by atoms with van der Waals surface area (Å²) in [6.45, 7) is 5.16. The number of carbonyl (C=O) groups excluding carboxylic acids is 2. The summed E-state index contributed by atoms with van der Waals surface area (Å²) in [6, 6.07) is 6.94. The summed E-state index contributed by atoms with van der Waals surface area (Å²) in [5, 5.41) is 3.43. The Labute approximate surface area is 157 Å². The van der Waals surface area contributed by atoms with Gasteiger partial charge in [0, 0.05) is 35.8 Å². The fraction of sp³-hybridized carbons (Fsp3) is 0.450. The van der Waals surface area contributed by atoms with Gasteiger partial charge in [0.15, 0.2) is 0 Å². The van der Waals surface area contributed by atoms with E-state index in [1.807, 2.05) is 19.1 Å². The molecule has 1 N–H and O–H groups in total. The predicted molar refractivity (Wildman–Crippen MR) is 101 cm³/mol. The predicted octanol–water partition coefficient (Wildman–Crippen LogP) is 2.58. The van der Waals surface area contributed by atoms with Crippen molar-refractivity contribution in [3.05, 3.63) is 35.8 Å². The Hall–Kier alpha value is -2.70. The number of anilines is 1. The highest BCUT2D eigenvalue weighted by Crippen LogP contribution is 2.31. The Morgan fingerprint density at radius 1 is 1.33 bits per heavy atom. The van der Waals surface area contributed by atoms with Crippen molar-refractivity contribution < 1.29 is 18.7 Å². The van der Waals surface area contributed by atoms with E-state index in [2.05, 4.69) is 15.2 Å². The van der Waals surface area contributed by atoms with Gasteiger partial charge >= 0.3 is 5.97 Å². The lowest BCUT2D eigenvalue weighted by molar-refractivity contribution is -0.143. The number of rotatable bonds is 5. The first-order chi connectivity index (χ1) is 13.0. The first-order valence-electron chi connectivity index (χ1n) is 9.23. The number of esters is 1. The lowest BCUT2D eigenvalue weighted by Crippen LogP contribution is -2.42. The van der Waals surface area contributed by atoms with E-state index in [0.29, 0.717) is 38.1 Å². The van der Waals surface area contributed by atoms with Crippen molar-refractivity contribution in [2.24, 2.45) is 5.92 Å². The molecule has 27 heavy (non-hydrogen) atoms. The van der Waals surface area contributed by atoms with Crippen LogP contribution in [0.25, 0.3) is 10.9 Å². The zero-order valence-electron chi connectivity index (χ0n) is 15.6. The largest absolute Gasteiger partial charge is 0.465 e. The average molecular weight is 373 g/mol. The number of hydrogen-bond donors (Lipinski definition) is 1. The molecule has 1 aliphatic rings. The van der Waals surface area contributed by atoms with Crippen molar-refractivity contribution >= 4 is 28.5 Å². The second-order valence-electron chi connectivity index (χ2n) is 6.70. The van der Waals surface area contributed by atoms with Crippen molar-refractivity contribution in [2.75, 3.05) is 31.1 Å². The molecule has 6 nitrogen and oxygen atoms in total. The maximum absolute atomic E-state index is 14.1. The van der Waals surface area contributed by atoms with Crippen LogP contribution in [0.2, 0.25) is 0 Å². The van der Waals surface area contributed by atoms with Gasteiger partial charge in [0.2, 0.25) is 5.91 Å². The number of ether oxygens (including phenoxy) is 1. The van der Waals surface area contributed by atoms with Crippen LogP contribution in [0.3, 0.4) is 0 Å². The number of carbonyl (C=O) groups is 2. The van der Waals surface area contributed by atoms with Gasteiger partial charge in [-0.3, -0.25) is 9.59 Å². The van der Waals surface area contributed by atoms with E-state index in [1.54, 1.807) is 13.0 Å². The minimum absolute atomic E-state index is 0.0969. The number of halogens is 1. The molecule has 0 atom stereocenters. The summed E-state index contributed by atoms with van der Waals surface area (Å²) >= 11 is 0. The number of piperidine rings is 1. The smallest absolute Gasteiger partial charge is 0.325 e. The fourth-order valence-corrected chi connectivity index (χ4v) is 3.48. The molecule has 2 aromatic rings. The summed E-state index contributed by atoms with van der Waals surface area (Å²) in [4.78, 5) is 30.1. The second-order valence-corrected chi connectivity index (χ2v) is 6.70. The molecular weight excluding hydrogens is 349 g/mol. The van der Waals surface area contributed by atoms with E-state index in [9.17, 15) is 14.0 Å². The first-order valence-corrected chi connectivity index (χ1v) is 9.23. The Bertz CT molecular complexity index is 848. The third kappa shape index (κ3) is 4.35. The normalized spacial score (nSPS) is 15.0. The van der Waals surface area contributed by atoms with Gasteiger partial charge in [0.05, 0.1) is 6.61 Å². The number of aromatic nitrogens is 1. The van der Waals surface area contributed by atoms with Crippen molar-refractivity contribution in [2.45, 2.75) is 26.7 Å². The SMILES string of the molecule is CCOC(=O)CNC(=O)C1CCN(c2cc(C)nc3c(F)cccc23)CC1. The van der Waals surface area contributed by atoms with Gasteiger partial charge in [-0.2, -0.15) is 0 Å². The fourth-order valence-electron chi connectivity index (χ4n) is 3.48. The lowest BCUT2D eigenvalue weighted by Gasteiger charge is -2.33. The standard InChI is InChI=1S/C20H24FN3O3/c1-3-27-18(25)12-22-20(26)14-7-9-24(10-8-14)17-11-13(2)23-19-15(17)5-4-6-16(19)21/h4-6,11,14H,3,7-10,12H2,1-2H3,(H,22,26). The van der Waals surface area contributed by atoms with Gasteiger partial charge in [0.1, 0.15) is 17.9 Å². The summed E-state index contributed by atoms with van der Waals surface area (Å²) in [5.41, 5.74) is 2.08. The molecule has 2 heterocycles. The molecule has 7 heteroatoms. The number of nitrogens with one attached hydrogen (secondary N) is 1. The molecular formula is C20H24FN3O3. The van der Waals surface area contributed by atoms with Crippen molar-refractivity contribution in [3.8, 4) is 0 Å². The molecule has 0 spiro atoms. The zero-order chi connectivity index (χ0) is 19.4. The number of aryl methyl sites for hydroxylation is 1. The number of amides is 1. The number of pyridine rings is 1. The van der Waals surface area contributed by atoms with Crippen LogP contribution >= 0.6 is 0 Å². The molecule has 0 aliphatic carbocycles. The van der Waals surface area contributed by atoms with Crippen molar-refractivity contribution in [1.29, 1.82) is 0 Å². The zero-order valence-corrected chi connectivity index (χ0v) is 15.6. The Balaban J connectivity index is 1.66. The summed E-state index contributed by atoms with van der Waals surface area (Å²) in [7, 11) is 0. The second kappa shape index (κ2) is 8.33. The van der Waals surface area contributed by atoms with Crippen LogP contribution in [0.1, 0.15) is 25.5 Å². The van der Waals surface area contributed by atoms with Crippen LogP contribution in [0.4, 0.5) is 10.1 Å². The molecule has 1 amide bonds. The molecule has 0 bridgehead atoms. The van der Waals surface area contributed by atoms with Crippen LogP contribution in [-0.2, 0) is 14.3 Å². The molecule has 1 saturated heterocycles. The summed E-state index contributed by atoms with van der Waals surface area (Å²) in [5.74, 6) is -1.01. The molecule has 1 aromatic heterocycles. The highest BCUT2D eigenvalue weighted by molar-refractivity contribution is 5.92. The van der Waals surface area contributed by atoms with E-state index in [1.165, 1.54) is 6.07 Å². The molecule has 1 aliphatic heterocycles. The highest BCUT2D eigenvalue weighted by Gasteiger charge is 2.26. The molecule has 0 radical (unpaired) electrons. The third-order valence-corrected chi connectivity index (χ3v) is 4.82. The Morgan fingerprint density at radius 2 is 2.07 bits per heavy atom. The quantitative estimate of drug-likeness (QED) is 0.816. The number of benzene rings is 1. The Morgan fingerprint density at radius 3 is 2.78 bits per heavy atom. The van der Waals surface area contributed by atoms with Crippen LogP contribution in [-0.4, -0.2) is 43.1 Å². The van der Waals surface area contributed by atoms with Crippen LogP contribution in [0, 0.1) is 18.7 Å². The maximum Gasteiger partial charge on any atom is 0.325 e. The average Bonchev–Trinajstić information content (AvgIpc) is 2.67. The highest BCUT2D eigenvalue weighted by atomic mass is 19.1. The van der Waals surface area contributed by atoms with Gasteiger partial charge in [-0.15, -0.1) is 0 Å². The molecule has 1 fully saturated rings. The minimum atomic E-state index is -0.427. The van der Waals surface area contributed by atoms with Gasteiger partial charge in [-0.05, 0) is 38.8 Å². The van der Waals surface area contributed by atoms with E-state index in [4.69, 9.17) is 4.74 Å². The third-order valence-electron chi connectivity index (χ3n) is 4.82. The number of nitrogens with zero attached hydrogens (tertiary/aromatic N) is 2. The van der Waals surface area contributed by atoms with E-state index >= 15 is 0 Å². The molecule has 0 saturated carbocycles. The number of hydrogen-bond acceptors (Lipinski definition) is 5. The lowest BCUT2D eigenvalue weighted by atomic mass is 9.95. The maximum atomic E-state index is 14.1. The van der Waals surface area contributed by atoms with Gasteiger partial charge < -0.3 is 15.0 Å². The molecule has 1 aromatic carbocycles. The van der Waals surface area contributed by atoms with Crippen LogP contribution < -0.4 is 10.2 Å². The molecule has 0 unspecified atom stereocenters. The van der Waals surface area contributed by atoms with Crippen molar-refractivity contribution in [1.82, 2.24) is 10.3 Å². The topological polar surface area (TPSA) is 71.5 Å². The van der Waals surface area contributed by atoms with Crippen LogP contribution in [0.5, 0.6) is 0 Å². The summed E-state index contributed by atoms with van der Waals surface area (Å²) in [6.07, 6.45) is 1.35. The molecule has 3 rings (SSSR count). The van der Waals surface area contributed by atoms with E-state index in [0.717, 1.165) is 16.8 Å². The Kier molecular flexibility index (Phi) is 5.88. The summed E-state index contributed by atoms with van der Waals surface area (Å²) < 4.78 is 18.9. The van der Waals surface area contributed by atoms with E-state index < -0.39 is 5.97 Å². The first kappa shape index (κ1) is 19.1. The van der Waals surface area contributed by atoms with Gasteiger partial charge in [-0.25, -0.2) is 9.37 Å². The van der Waals surface area contributed by atoms with Gasteiger partial charge in [-0.1, -0.05) is 12.1 Å².